The summed E-state index contributed by atoms with van der Waals surface area (Å²) in [6.07, 6.45) is 0. The van der Waals surface area contributed by atoms with Crippen molar-refractivity contribution >= 4 is 63.3 Å². The van der Waals surface area contributed by atoms with Crippen LogP contribution in [-0.2, 0) is 29.4 Å². The zero-order valence-corrected chi connectivity index (χ0v) is 20.5. The first-order valence-electron chi connectivity index (χ1n) is 9.41. The number of sulfone groups is 1. The van der Waals surface area contributed by atoms with Crippen molar-refractivity contribution in [3.05, 3.63) is 27.7 Å². The third-order valence-electron chi connectivity index (χ3n) is 4.67. The summed E-state index contributed by atoms with van der Waals surface area (Å²) >= 11 is 4.48. The van der Waals surface area contributed by atoms with Crippen molar-refractivity contribution in [3.8, 4) is 0 Å². The minimum Gasteiger partial charge on any atom is -0.379 e. The molecule has 3 N–H and O–H groups in total. The molecule has 31 heavy (non-hydrogen) atoms. The number of aromatic nitrogens is 1. The number of thiazole rings is 1. The lowest BCUT2D eigenvalue weighted by Gasteiger charge is -2.27. The third kappa shape index (κ3) is 6.91. The number of amides is 1. The van der Waals surface area contributed by atoms with Crippen LogP contribution in [0, 0.1) is 0 Å². The van der Waals surface area contributed by atoms with Crippen molar-refractivity contribution in [2.75, 3.05) is 50.9 Å². The molecular weight excluding hydrogens is 532 g/mol. The number of hydrogen-bond donors (Lipinski definition) is 2. The molecule has 0 spiro atoms. The van der Waals surface area contributed by atoms with Crippen molar-refractivity contribution < 1.29 is 26.4 Å². The number of hydrogen-bond acceptors (Lipinski definition) is 9. The van der Waals surface area contributed by atoms with Crippen LogP contribution in [-0.4, -0.2) is 83.5 Å². The highest BCUT2D eigenvalue weighted by Gasteiger charge is 2.37. The van der Waals surface area contributed by atoms with Crippen LogP contribution in [0.25, 0.3) is 10.2 Å². The SMILES string of the molecule is NS(=O)(=O)CCNC(=O)C(c1nc2ccc(Br)cc2s1)S(=O)(=O)CCN1CCOCC1. The first kappa shape index (κ1) is 24.5. The number of fused-ring (bicyclic) bond motifs is 1. The molecule has 1 fully saturated rings. The minimum absolute atomic E-state index is 0.142. The van der Waals surface area contributed by atoms with Gasteiger partial charge in [-0.1, -0.05) is 15.9 Å². The van der Waals surface area contributed by atoms with E-state index in [1.165, 1.54) is 0 Å². The van der Waals surface area contributed by atoms with E-state index in [-0.39, 0.29) is 23.8 Å². The maximum atomic E-state index is 13.2. The number of primary sulfonamides is 1. The summed E-state index contributed by atoms with van der Waals surface area (Å²) < 4.78 is 55.5. The van der Waals surface area contributed by atoms with Gasteiger partial charge in [0.05, 0.1) is 34.9 Å². The van der Waals surface area contributed by atoms with Gasteiger partial charge in [-0.2, -0.15) is 0 Å². The molecule has 1 atom stereocenters. The number of morpholine rings is 1. The summed E-state index contributed by atoms with van der Waals surface area (Å²) in [6.45, 7) is 2.28. The van der Waals surface area contributed by atoms with Gasteiger partial charge in [-0.15, -0.1) is 11.3 Å². The standard InChI is InChI=1S/C17H23BrN4O6S3/c18-12-1-2-13-14(11-12)29-17(21-13)15(16(23)20-3-9-31(19,26)27)30(24,25)10-6-22-4-7-28-8-5-22/h1-2,11,15H,3-10H2,(H,20,23)(H2,19,26,27). The molecule has 0 radical (unpaired) electrons. The fourth-order valence-electron chi connectivity index (χ4n) is 3.07. The van der Waals surface area contributed by atoms with Crippen LogP contribution in [0.1, 0.15) is 10.3 Å². The van der Waals surface area contributed by atoms with Gasteiger partial charge in [0.15, 0.2) is 15.1 Å². The van der Waals surface area contributed by atoms with Crippen molar-refractivity contribution in [2.45, 2.75) is 5.25 Å². The molecule has 10 nitrogen and oxygen atoms in total. The number of nitrogens with two attached hydrogens (primary N) is 1. The van der Waals surface area contributed by atoms with E-state index in [2.05, 4.69) is 26.2 Å². The Morgan fingerprint density at radius 1 is 1.26 bits per heavy atom. The maximum Gasteiger partial charge on any atom is 0.245 e. The molecule has 1 aliphatic heterocycles. The number of ether oxygens (including phenoxy) is 1. The van der Waals surface area contributed by atoms with Crippen molar-refractivity contribution in [1.29, 1.82) is 0 Å². The predicted octanol–water partition coefficient (Wildman–Crippen LogP) is 0.252. The van der Waals surface area contributed by atoms with Crippen LogP contribution >= 0.6 is 27.3 Å². The van der Waals surface area contributed by atoms with E-state index in [1.807, 2.05) is 4.90 Å². The van der Waals surface area contributed by atoms with Crippen molar-refractivity contribution in [1.82, 2.24) is 15.2 Å². The van der Waals surface area contributed by atoms with Gasteiger partial charge in [-0.05, 0) is 18.2 Å². The summed E-state index contributed by atoms with van der Waals surface area (Å²) in [6, 6.07) is 5.31. The molecule has 0 bridgehead atoms. The first-order valence-corrected chi connectivity index (χ1v) is 14.4. The second kappa shape index (κ2) is 10.2. The van der Waals surface area contributed by atoms with Gasteiger partial charge >= 0.3 is 0 Å². The molecule has 1 saturated heterocycles. The Labute approximate surface area is 193 Å². The van der Waals surface area contributed by atoms with Crippen molar-refractivity contribution in [2.24, 2.45) is 5.14 Å². The van der Waals surface area contributed by atoms with Gasteiger partial charge in [-0.25, -0.2) is 27.0 Å². The molecule has 2 aromatic rings. The first-order chi connectivity index (χ1) is 14.5. The number of carbonyl (C=O) groups is 1. The molecule has 2 heterocycles. The molecule has 0 aliphatic carbocycles. The fraction of sp³-hybridized carbons (Fsp3) is 0.529. The molecule has 0 saturated carbocycles. The Kier molecular flexibility index (Phi) is 8.05. The molecule has 14 heteroatoms. The van der Waals surface area contributed by atoms with E-state index < -0.39 is 36.8 Å². The van der Waals surface area contributed by atoms with Crippen LogP contribution in [0.5, 0.6) is 0 Å². The lowest BCUT2D eigenvalue weighted by molar-refractivity contribution is -0.120. The van der Waals surface area contributed by atoms with E-state index in [0.29, 0.717) is 31.8 Å². The Morgan fingerprint density at radius 2 is 1.97 bits per heavy atom. The average molecular weight is 555 g/mol. The second-order valence-electron chi connectivity index (χ2n) is 7.02. The van der Waals surface area contributed by atoms with Crippen molar-refractivity contribution in [3.63, 3.8) is 0 Å². The van der Waals surface area contributed by atoms with Gasteiger partial charge in [0.1, 0.15) is 5.01 Å². The number of benzene rings is 1. The van der Waals surface area contributed by atoms with Gasteiger partial charge in [0.2, 0.25) is 15.9 Å². The third-order valence-corrected chi connectivity index (χ3v) is 9.08. The number of nitrogens with zero attached hydrogens (tertiary/aromatic N) is 2. The van der Waals surface area contributed by atoms with E-state index in [0.717, 1.165) is 20.5 Å². The van der Waals surface area contributed by atoms with Crippen LogP contribution < -0.4 is 10.5 Å². The molecule has 1 amide bonds. The van der Waals surface area contributed by atoms with Gasteiger partial charge < -0.3 is 10.1 Å². The van der Waals surface area contributed by atoms with Crippen LogP contribution in [0.15, 0.2) is 22.7 Å². The number of halogens is 1. The Morgan fingerprint density at radius 3 is 2.65 bits per heavy atom. The zero-order chi connectivity index (χ0) is 22.6. The Hall–Kier alpha value is -1.16. The molecular formula is C17H23BrN4O6S3. The molecule has 1 aliphatic rings. The summed E-state index contributed by atoms with van der Waals surface area (Å²) in [5.74, 6) is -1.55. The Balaban J connectivity index is 1.85. The minimum atomic E-state index is -3.94. The molecule has 1 aromatic heterocycles. The molecule has 3 rings (SSSR count). The predicted molar refractivity (Wildman–Crippen MR) is 122 cm³/mol. The highest BCUT2D eigenvalue weighted by Crippen LogP contribution is 2.33. The van der Waals surface area contributed by atoms with E-state index >= 15 is 0 Å². The normalized spacial score (nSPS) is 17.0. The van der Waals surface area contributed by atoms with Crippen LogP contribution in [0.3, 0.4) is 0 Å². The largest absolute Gasteiger partial charge is 0.379 e. The summed E-state index contributed by atoms with van der Waals surface area (Å²) in [7, 11) is -7.73. The Bertz CT molecular complexity index is 1150. The lowest BCUT2D eigenvalue weighted by atomic mass is 10.3. The van der Waals surface area contributed by atoms with Crippen LogP contribution in [0.2, 0.25) is 0 Å². The topological polar surface area (TPSA) is 149 Å². The van der Waals surface area contributed by atoms with Gasteiger partial charge in [-0.3, -0.25) is 9.69 Å². The van der Waals surface area contributed by atoms with Gasteiger partial charge in [0, 0.05) is 30.7 Å². The fourth-order valence-corrected chi connectivity index (χ4v) is 7.05. The summed E-state index contributed by atoms with van der Waals surface area (Å²) in [5.41, 5.74) is 0.578. The number of rotatable bonds is 9. The molecule has 172 valence electrons. The van der Waals surface area contributed by atoms with Crippen LogP contribution in [0.4, 0.5) is 0 Å². The second-order valence-corrected chi connectivity index (χ2v) is 12.9. The monoisotopic (exact) mass is 554 g/mol. The molecule has 1 aromatic carbocycles. The van der Waals surface area contributed by atoms with Gasteiger partial charge in [0.25, 0.3) is 0 Å². The van der Waals surface area contributed by atoms with E-state index in [4.69, 9.17) is 9.88 Å². The highest BCUT2D eigenvalue weighted by molar-refractivity contribution is 9.10. The molecule has 1 unspecified atom stereocenters. The van der Waals surface area contributed by atoms with E-state index in [9.17, 15) is 21.6 Å². The average Bonchev–Trinajstić information content (AvgIpc) is 3.08. The number of sulfonamides is 1. The summed E-state index contributed by atoms with van der Waals surface area (Å²) in [4.78, 5) is 19.2. The van der Waals surface area contributed by atoms with E-state index in [1.54, 1.807) is 18.2 Å². The number of nitrogens with one attached hydrogen (secondary N) is 1. The smallest absolute Gasteiger partial charge is 0.245 e. The summed E-state index contributed by atoms with van der Waals surface area (Å²) in [5, 5.41) is 5.95. The maximum absolute atomic E-state index is 13.2. The quantitative estimate of drug-likeness (QED) is 0.448. The number of carbonyl (C=O) groups excluding carboxylic acids is 1. The lowest BCUT2D eigenvalue weighted by Crippen LogP contribution is -2.42. The highest BCUT2D eigenvalue weighted by atomic mass is 79.9. The zero-order valence-electron chi connectivity index (χ0n) is 16.5.